The van der Waals surface area contributed by atoms with Gasteiger partial charge in [0.15, 0.2) is 0 Å². The van der Waals surface area contributed by atoms with Gasteiger partial charge in [0.25, 0.3) is 5.24 Å². The monoisotopic (exact) mass is 383 g/mol. The van der Waals surface area contributed by atoms with Crippen LogP contribution in [0.25, 0.3) is 0 Å². The predicted octanol–water partition coefficient (Wildman–Crippen LogP) is 5.25. The van der Waals surface area contributed by atoms with Crippen LogP contribution >= 0.6 is 23.4 Å². The summed E-state index contributed by atoms with van der Waals surface area (Å²) in [6, 6.07) is 0. The molecule has 1 amide bonds. The Morgan fingerprint density at radius 3 is 2.56 bits per heavy atom. The third kappa shape index (κ3) is 5.65. The predicted molar refractivity (Wildman–Crippen MR) is 104 cm³/mol. The Balaban J connectivity index is 2.13. The molecule has 138 valence electrons. The Morgan fingerprint density at radius 1 is 1.28 bits per heavy atom. The van der Waals surface area contributed by atoms with Crippen LogP contribution in [0.2, 0.25) is 0 Å². The van der Waals surface area contributed by atoms with Crippen molar-refractivity contribution in [3.05, 3.63) is 33.2 Å². The van der Waals surface area contributed by atoms with E-state index in [0.717, 1.165) is 29.5 Å². The maximum Gasteiger partial charge on any atom is 0.309 e. The first-order chi connectivity index (χ1) is 11.6. The summed E-state index contributed by atoms with van der Waals surface area (Å²) >= 11 is 7.53. The summed E-state index contributed by atoms with van der Waals surface area (Å²) in [6.45, 7) is 5.66. The zero-order valence-corrected chi connectivity index (χ0v) is 17.1. The van der Waals surface area contributed by atoms with E-state index < -0.39 is 5.60 Å². The van der Waals surface area contributed by atoms with Crippen LogP contribution in [0, 0.1) is 5.92 Å². The fourth-order valence-corrected chi connectivity index (χ4v) is 3.89. The van der Waals surface area contributed by atoms with Gasteiger partial charge in [-0.05, 0) is 63.4 Å². The molecule has 2 aliphatic carbocycles. The van der Waals surface area contributed by atoms with E-state index in [2.05, 4.69) is 0 Å². The van der Waals surface area contributed by atoms with Crippen molar-refractivity contribution in [2.45, 2.75) is 52.1 Å². The molecule has 1 atom stereocenters. The number of hydrogen-bond acceptors (Lipinski definition) is 4. The molecule has 0 N–H and O–H groups in total. The van der Waals surface area contributed by atoms with Gasteiger partial charge in [-0.15, -0.1) is 0 Å². The summed E-state index contributed by atoms with van der Waals surface area (Å²) in [4.78, 5) is 26.8. The van der Waals surface area contributed by atoms with Gasteiger partial charge in [-0.25, -0.2) is 0 Å². The van der Waals surface area contributed by atoms with Crippen LogP contribution in [0.5, 0.6) is 0 Å². The van der Waals surface area contributed by atoms with Crippen molar-refractivity contribution in [3.8, 4) is 0 Å². The van der Waals surface area contributed by atoms with Crippen molar-refractivity contribution in [1.29, 1.82) is 0 Å². The lowest BCUT2D eigenvalue weighted by molar-refractivity contribution is -0.160. The second-order valence-electron chi connectivity index (χ2n) is 7.65. The van der Waals surface area contributed by atoms with Crippen LogP contribution in [-0.4, -0.2) is 35.8 Å². The highest BCUT2D eigenvalue weighted by atomic mass is 35.5. The number of thioether (sulfide) groups is 1. The number of carbonyl (C=O) groups is 2. The molecule has 2 aliphatic rings. The molecule has 6 heteroatoms. The van der Waals surface area contributed by atoms with Gasteiger partial charge in [0, 0.05) is 25.4 Å². The van der Waals surface area contributed by atoms with Crippen molar-refractivity contribution in [3.63, 3.8) is 0 Å². The van der Waals surface area contributed by atoms with Crippen LogP contribution in [0.3, 0.4) is 0 Å². The van der Waals surface area contributed by atoms with Crippen LogP contribution in [0.4, 0.5) is 4.79 Å². The average Bonchev–Trinajstić information content (AvgIpc) is 2.64. The molecule has 25 heavy (non-hydrogen) atoms. The quantitative estimate of drug-likeness (QED) is 0.611. The van der Waals surface area contributed by atoms with Gasteiger partial charge in [-0.1, -0.05) is 23.3 Å². The Hall–Kier alpha value is -1.20. The van der Waals surface area contributed by atoms with E-state index in [-0.39, 0.29) is 17.1 Å². The molecule has 1 unspecified atom stereocenters. The maximum atomic E-state index is 12.4. The molecule has 2 rings (SSSR count). The summed E-state index contributed by atoms with van der Waals surface area (Å²) in [7, 11) is 3.44. The molecule has 0 saturated carbocycles. The van der Waals surface area contributed by atoms with E-state index in [1.165, 1.54) is 16.0 Å². The number of hydrogen-bond donors (Lipinski definition) is 0. The number of allylic oxidation sites excluding steroid dienone is 6. The summed E-state index contributed by atoms with van der Waals surface area (Å²) < 4.78 is 5.55. The molecule has 0 bridgehead atoms. The highest BCUT2D eigenvalue weighted by Crippen LogP contribution is 2.41. The first-order valence-electron chi connectivity index (χ1n) is 8.46. The summed E-state index contributed by atoms with van der Waals surface area (Å²) in [6.07, 6.45) is 6.79. The molecule has 0 saturated heterocycles. The highest BCUT2D eigenvalue weighted by Gasteiger charge is 2.31. The van der Waals surface area contributed by atoms with Crippen molar-refractivity contribution in [2.24, 2.45) is 5.92 Å². The summed E-state index contributed by atoms with van der Waals surface area (Å²) in [5.74, 6) is -0.264. The lowest BCUT2D eigenvalue weighted by Crippen LogP contribution is -2.30. The molecule has 0 aromatic heterocycles. The van der Waals surface area contributed by atoms with Crippen molar-refractivity contribution in [1.82, 2.24) is 4.90 Å². The zero-order chi connectivity index (χ0) is 18.8. The maximum absolute atomic E-state index is 12.4. The van der Waals surface area contributed by atoms with Crippen molar-refractivity contribution in [2.75, 3.05) is 14.1 Å². The topological polar surface area (TPSA) is 46.6 Å². The number of halogens is 1. The van der Waals surface area contributed by atoms with E-state index in [9.17, 15) is 9.59 Å². The Labute approximate surface area is 159 Å². The molecule has 0 aromatic rings. The van der Waals surface area contributed by atoms with E-state index in [0.29, 0.717) is 17.9 Å². The van der Waals surface area contributed by atoms with Gasteiger partial charge in [-0.3, -0.25) is 9.59 Å². The minimum Gasteiger partial charge on any atom is -0.460 e. The second kappa shape index (κ2) is 8.00. The zero-order valence-electron chi connectivity index (χ0n) is 15.5. The molecule has 0 spiro atoms. The van der Waals surface area contributed by atoms with Crippen LogP contribution in [-0.2, 0) is 9.53 Å². The van der Waals surface area contributed by atoms with Gasteiger partial charge in [-0.2, -0.15) is 0 Å². The standard InChI is InChI=1S/C19H26ClNO3S/c1-19(2,3)24-17(22)13-7-6-12-8-9-15(20)16(11-14(12)10-13)25-18(23)21(4)5/h8-9,13H,6-7,10-11H2,1-5H3. The molecule has 0 radical (unpaired) electrons. The first kappa shape index (κ1) is 20.1. The fourth-order valence-electron chi connectivity index (χ4n) is 2.84. The first-order valence-corrected chi connectivity index (χ1v) is 9.66. The average molecular weight is 384 g/mol. The Morgan fingerprint density at radius 2 is 1.96 bits per heavy atom. The molecule has 0 fully saturated rings. The number of amides is 1. The number of esters is 1. The van der Waals surface area contributed by atoms with E-state index >= 15 is 0 Å². The fraction of sp³-hybridized carbons (Fsp3) is 0.579. The molecule has 4 nitrogen and oxygen atoms in total. The van der Waals surface area contributed by atoms with Crippen molar-refractivity contribution >= 4 is 34.6 Å². The minimum atomic E-state index is -0.475. The molecular formula is C19H26ClNO3S. The normalized spacial score (nSPS) is 21.0. The number of rotatable bonds is 2. The lowest BCUT2D eigenvalue weighted by atomic mass is 9.82. The van der Waals surface area contributed by atoms with Crippen LogP contribution in [0.15, 0.2) is 33.2 Å². The largest absolute Gasteiger partial charge is 0.460 e. The van der Waals surface area contributed by atoms with Gasteiger partial charge < -0.3 is 9.64 Å². The molecule has 0 aliphatic heterocycles. The third-order valence-electron chi connectivity index (χ3n) is 4.10. The van der Waals surface area contributed by atoms with Crippen LogP contribution < -0.4 is 0 Å². The Kier molecular flexibility index (Phi) is 6.44. The molecule has 0 aromatic carbocycles. The van der Waals surface area contributed by atoms with Gasteiger partial charge >= 0.3 is 5.97 Å². The van der Waals surface area contributed by atoms with Crippen molar-refractivity contribution < 1.29 is 14.3 Å². The summed E-state index contributed by atoms with van der Waals surface area (Å²) in [5, 5.41) is 0.550. The molecule has 0 heterocycles. The van der Waals surface area contributed by atoms with E-state index in [1.54, 1.807) is 14.1 Å². The van der Waals surface area contributed by atoms with E-state index in [1.807, 2.05) is 32.9 Å². The van der Waals surface area contributed by atoms with Gasteiger partial charge in [0.2, 0.25) is 0 Å². The lowest BCUT2D eigenvalue weighted by Gasteiger charge is -2.28. The van der Waals surface area contributed by atoms with Gasteiger partial charge in [0.1, 0.15) is 5.60 Å². The number of carbonyl (C=O) groups excluding carboxylic acids is 2. The SMILES string of the molecule is CN(C)C(=O)SC1=C(Cl)C=CC2=C(C1)CC(C(=O)OC(C)(C)C)CC2. The second-order valence-corrected chi connectivity index (χ2v) is 9.10. The highest BCUT2D eigenvalue weighted by molar-refractivity contribution is 8.16. The third-order valence-corrected chi connectivity index (χ3v) is 5.71. The van der Waals surface area contributed by atoms with Crippen LogP contribution in [0.1, 0.15) is 46.5 Å². The number of nitrogens with zero attached hydrogens (tertiary/aromatic N) is 1. The van der Waals surface area contributed by atoms with E-state index in [4.69, 9.17) is 16.3 Å². The summed E-state index contributed by atoms with van der Waals surface area (Å²) in [5.41, 5.74) is 1.94. The van der Waals surface area contributed by atoms with Gasteiger partial charge in [0.05, 0.1) is 11.0 Å². The smallest absolute Gasteiger partial charge is 0.309 e. The Bertz CT molecular complexity index is 656. The molecular weight excluding hydrogens is 358 g/mol. The minimum absolute atomic E-state index is 0.0508. The number of ether oxygens (including phenoxy) is 1.